The van der Waals surface area contributed by atoms with Crippen LogP contribution in [0, 0.1) is 6.92 Å². The molecule has 1 rings (SSSR count). The van der Waals surface area contributed by atoms with Crippen LogP contribution in [0.3, 0.4) is 0 Å². The molecule has 0 spiro atoms. The molecular formula is C5H7N2OP. The lowest BCUT2D eigenvalue weighted by atomic mass is 10.4. The second-order valence-corrected chi connectivity index (χ2v) is 2.33. The van der Waals surface area contributed by atoms with Crippen LogP contribution in [0.1, 0.15) is 5.56 Å². The second kappa shape index (κ2) is 2.28. The highest BCUT2D eigenvalue weighted by Gasteiger charge is 1.90. The average Bonchev–Trinajstić information content (AvgIpc) is 1.80. The summed E-state index contributed by atoms with van der Waals surface area (Å²) in [6.07, 6.45) is 1.54. The lowest BCUT2D eigenvalue weighted by Gasteiger charge is -1.90. The Morgan fingerprint density at radius 1 is 1.78 bits per heavy atom. The number of hydrogen-bond acceptors (Lipinski definition) is 2. The lowest BCUT2D eigenvalue weighted by Crippen LogP contribution is -2.18. The van der Waals surface area contributed by atoms with Crippen molar-refractivity contribution in [2.45, 2.75) is 6.92 Å². The first kappa shape index (κ1) is 6.43. The third-order valence-electron chi connectivity index (χ3n) is 0.997. The van der Waals surface area contributed by atoms with Gasteiger partial charge in [-0.25, -0.2) is 4.98 Å². The third-order valence-corrected chi connectivity index (χ3v) is 1.29. The maximum atomic E-state index is 10.7. The van der Waals surface area contributed by atoms with Gasteiger partial charge in [0, 0.05) is 11.8 Å². The Labute approximate surface area is 54.7 Å². The molecule has 0 saturated heterocycles. The van der Waals surface area contributed by atoms with E-state index < -0.39 is 0 Å². The summed E-state index contributed by atoms with van der Waals surface area (Å²) in [6.45, 7) is 1.72. The molecule has 1 N–H and O–H groups in total. The van der Waals surface area contributed by atoms with Crippen molar-refractivity contribution in [1.82, 2.24) is 9.97 Å². The molecule has 0 aliphatic heterocycles. The van der Waals surface area contributed by atoms with Gasteiger partial charge in [0.15, 0.2) is 0 Å². The predicted octanol–water partition coefficient (Wildman–Crippen LogP) is -0.421. The van der Waals surface area contributed by atoms with E-state index in [0.29, 0.717) is 11.1 Å². The van der Waals surface area contributed by atoms with E-state index in [9.17, 15) is 4.79 Å². The lowest BCUT2D eigenvalue weighted by molar-refractivity contribution is 1.13. The molecule has 48 valence electrons. The molecule has 0 bridgehead atoms. The third kappa shape index (κ3) is 1.36. The topological polar surface area (TPSA) is 45.8 Å². The zero-order chi connectivity index (χ0) is 6.85. The molecule has 0 fully saturated rings. The summed E-state index contributed by atoms with van der Waals surface area (Å²) in [4.78, 5) is 17.1. The van der Waals surface area contributed by atoms with Crippen LogP contribution in [0.15, 0.2) is 11.0 Å². The van der Waals surface area contributed by atoms with Gasteiger partial charge >= 0.3 is 0 Å². The predicted molar refractivity (Wildman–Crippen MR) is 38.9 cm³/mol. The first-order valence-electron chi connectivity index (χ1n) is 2.51. The van der Waals surface area contributed by atoms with Crippen molar-refractivity contribution in [1.29, 1.82) is 0 Å². The van der Waals surface area contributed by atoms with Crippen molar-refractivity contribution in [3.05, 3.63) is 22.1 Å². The largest absolute Gasteiger partial charge is 0.307 e. The van der Waals surface area contributed by atoms with Crippen molar-refractivity contribution in [3.63, 3.8) is 0 Å². The molecule has 1 heterocycles. The molecular weight excluding hydrogens is 135 g/mol. The van der Waals surface area contributed by atoms with Crippen molar-refractivity contribution in [3.8, 4) is 0 Å². The van der Waals surface area contributed by atoms with Crippen LogP contribution >= 0.6 is 9.24 Å². The summed E-state index contributed by atoms with van der Waals surface area (Å²) in [5.74, 6) is 0. The van der Waals surface area contributed by atoms with E-state index in [1.54, 1.807) is 13.1 Å². The number of aromatic nitrogens is 2. The second-order valence-electron chi connectivity index (χ2n) is 1.78. The van der Waals surface area contributed by atoms with E-state index in [4.69, 9.17) is 0 Å². The molecule has 1 aromatic heterocycles. The monoisotopic (exact) mass is 142 g/mol. The quantitative estimate of drug-likeness (QED) is 0.500. The van der Waals surface area contributed by atoms with Gasteiger partial charge in [-0.1, -0.05) is 9.24 Å². The van der Waals surface area contributed by atoms with E-state index in [1.165, 1.54) is 0 Å². The van der Waals surface area contributed by atoms with Gasteiger partial charge in [-0.2, -0.15) is 0 Å². The summed E-state index contributed by atoms with van der Waals surface area (Å²) in [6, 6.07) is 0. The Morgan fingerprint density at radius 3 is 2.89 bits per heavy atom. The summed E-state index contributed by atoms with van der Waals surface area (Å²) < 4.78 is 0. The van der Waals surface area contributed by atoms with Gasteiger partial charge < -0.3 is 4.98 Å². The van der Waals surface area contributed by atoms with Crippen molar-refractivity contribution < 1.29 is 0 Å². The Hall–Kier alpha value is -0.690. The van der Waals surface area contributed by atoms with Gasteiger partial charge in [0.25, 0.3) is 5.56 Å². The van der Waals surface area contributed by atoms with Gasteiger partial charge in [0.2, 0.25) is 0 Å². The fourth-order valence-corrected chi connectivity index (χ4v) is 0.678. The van der Waals surface area contributed by atoms with Gasteiger partial charge in [-0.05, 0) is 6.92 Å². The maximum Gasteiger partial charge on any atom is 0.254 e. The Bertz CT molecular complexity index is 268. The van der Waals surface area contributed by atoms with Gasteiger partial charge in [0.1, 0.15) is 5.57 Å². The van der Waals surface area contributed by atoms with Crippen LogP contribution in [0.25, 0.3) is 0 Å². The van der Waals surface area contributed by atoms with E-state index in [0.717, 1.165) is 0 Å². The SMILES string of the molecule is Cc1cnc(P)[nH]c1=O. The number of aryl methyl sites for hydroxylation is 1. The van der Waals surface area contributed by atoms with Crippen molar-refractivity contribution >= 4 is 14.8 Å². The molecule has 0 saturated carbocycles. The zero-order valence-electron chi connectivity index (χ0n) is 5.01. The highest BCUT2D eigenvalue weighted by atomic mass is 31.0. The van der Waals surface area contributed by atoms with Gasteiger partial charge in [-0.3, -0.25) is 4.79 Å². The van der Waals surface area contributed by atoms with Crippen LogP contribution in [0.5, 0.6) is 0 Å². The molecule has 9 heavy (non-hydrogen) atoms. The molecule has 0 aromatic carbocycles. The van der Waals surface area contributed by atoms with Crippen LogP contribution in [0.4, 0.5) is 0 Å². The minimum absolute atomic E-state index is 0.0741. The Morgan fingerprint density at radius 2 is 2.44 bits per heavy atom. The molecule has 1 atom stereocenters. The summed E-state index contributed by atoms with van der Waals surface area (Å²) in [7, 11) is 2.32. The minimum Gasteiger partial charge on any atom is -0.307 e. The van der Waals surface area contributed by atoms with Crippen LogP contribution in [0.2, 0.25) is 0 Å². The summed E-state index contributed by atoms with van der Waals surface area (Å²) in [5, 5.41) is 0. The highest BCUT2D eigenvalue weighted by Crippen LogP contribution is 1.79. The fraction of sp³-hybridized carbons (Fsp3) is 0.200. The van der Waals surface area contributed by atoms with Crippen LogP contribution < -0.4 is 11.1 Å². The molecule has 0 aliphatic carbocycles. The number of aromatic amines is 1. The van der Waals surface area contributed by atoms with Gasteiger partial charge in [-0.15, -0.1) is 0 Å². The fourth-order valence-electron chi connectivity index (χ4n) is 0.472. The van der Waals surface area contributed by atoms with E-state index >= 15 is 0 Å². The van der Waals surface area contributed by atoms with E-state index in [1.807, 2.05) is 0 Å². The summed E-state index contributed by atoms with van der Waals surface area (Å²) >= 11 is 0. The van der Waals surface area contributed by atoms with E-state index in [2.05, 4.69) is 19.2 Å². The Balaban J connectivity index is 3.34. The first-order chi connectivity index (χ1) is 4.20. The number of nitrogens with one attached hydrogen (secondary N) is 1. The first-order valence-corrected chi connectivity index (χ1v) is 3.09. The molecule has 0 radical (unpaired) electrons. The minimum atomic E-state index is -0.0741. The molecule has 4 heteroatoms. The van der Waals surface area contributed by atoms with Crippen molar-refractivity contribution in [2.75, 3.05) is 0 Å². The molecule has 3 nitrogen and oxygen atoms in total. The number of rotatable bonds is 0. The maximum absolute atomic E-state index is 10.7. The molecule has 1 aromatic rings. The Kier molecular flexibility index (Phi) is 1.63. The number of H-pyrrole nitrogens is 1. The van der Waals surface area contributed by atoms with Gasteiger partial charge in [0.05, 0.1) is 0 Å². The van der Waals surface area contributed by atoms with Crippen molar-refractivity contribution in [2.24, 2.45) is 0 Å². The number of hydrogen-bond donors (Lipinski definition) is 1. The molecule has 0 amide bonds. The van der Waals surface area contributed by atoms with E-state index in [-0.39, 0.29) is 5.56 Å². The zero-order valence-corrected chi connectivity index (χ0v) is 6.16. The normalized spacial score (nSPS) is 9.56. The smallest absolute Gasteiger partial charge is 0.254 e. The standard InChI is InChI=1S/C5H7N2OP/c1-3-2-6-5(9)7-4(3)8/h2H,9H2,1H3,(H,6,7,8). The summed E-state index contributed by atoms with van der Waals surface area (Å²) in [5.41, 5.74) is 1.14. The average molecular weight is 142 g/mol. The highest BCUT2D eigenvalue weighted by molar-refractivity contribution is 7.26. The van der Waals surface area contributed by atoms with Crippen LogP contribution in [-0.4, -0.2) is 9.97 Å². The van der Waals surface area contributed by atoms with Crippen LogP contribution in [-0.2, 0) is 0 Å². The number of nitrogens with zero attached hydrogens (tertiary/aromatic N) is 1. The molecule has 1 unspecified atom stereocenters. The molecule has 0 aliphatic rings.